The number of benzene rings is 3. The molecule has 11 heteroatoms. The van der Waals surface area contributed by atoms with Gasteiger partial charge in [0.15, 0.2) is 6.10 Å². The molecular formula is C36H34N8O3. The van der Waals surface area contributed by atoms with Crippen molar-refractivity contribution in [3.63, 3.8) is 0 Å². The summed E-state index contributed by atoms with van der Waals surface area (Å²) in [5, 5.41) is 20.5. The van der Waals surface area contributed by atoms with Crippen molar-refractivity contribution in [3.05, 3.63) is 126 Å². The quantitative estimate of drug-likeness (QED) is 0.174. The summed E-state index contributed by atoms with van der Waals surface area (Å²) in [6, 6.07) is 25.4. The van der Waals surface area contributed by atoms with Crippen LogP contribution < -0.4 is 20.9 Å². The topological polar surface area (TPSA) is 145 Å². The van der Waals surface area contributed by atoms with Crippen molar-refractivity contribution < 1.29 is 14.7 Å². The van der Waals surface area contributed by atoms with Crippen LogP contribution in [0.3, 0.4) is 0 Å². The average molecular weight is 627 g/mol. The maximum atomic E-state index is 13.7. The number of anilines is 4. The van der Waals surface area contributed by atoms with Gasteiger partial charge in [-0.3, -0.25) is 19.6 Å². The SMILES string of the molecule is CNC(=O)c1cccc2c1C=NCN2C(Cc1ccccc1)C(O)C(=O)Nc1ccc(C)c(Nc2nccc(-c3cccnc3)n2)c1. The molecule has 0 spiro atoms. The minimum atomic E-state index is -1.45. The van der Waals surface area contributed by atoms with E-state index in [1.165, 1.54) is 0 Å². The number of hydrogen-bond acceptors (Lipinski definition) is 9. The summed E-state index contributed by atoms with van der Waals surface area (Å²) < 4.78 is 0. The van der Waals surface area contributed by atoms with Crippen LogP contribution in [0.25, 0.3) is 11.3 Å². The van der Waals surface area contributed by atoms with E-state index in [0.29, 0.717) is 40.6 Å². The van der Waals surface area contributed by atoms with E-state index in [1.54, 1.807) is 56.1 Å². The van der Waals surface area contributed by atoms with Gasteiger partial charge >= 0.3 is 0 Å². The van der Waals surface area contributed by atoms with Crippen LogP contribution in [0.1, 0.15) is 27.0 Å². The summed E-state index contributed by atoms with van der Waals surface area (Å²) in [4.78, 5) is 45.9. The molecule has 236 valence electrons. The van der Waals surface area contributed by atoms with Crippen molar-refractivity contribution in [2.24, 2.45) is 4.99 Å². The Labute approximate surface area is 272 Å². The van der Waals surface area contributed by atoms with E-state index in [9.17, 15) is 14.7 Å². The van der Waals surface area contributed by atoms with E-state index in [4.69, 9.17) is 0 Å². The van der Waals surface area contributed by atoms with Crippen molar-refractivity contribution >= 4 is 41.0 Å². The lowest BCUT2D eigenvalue weighted by molar-refractivity contribution is -0.125. The Morgan fingerprint density at radius 1 is 0.979 bits per heavy atom. The van der Waals surface area contributed by atoms with Crippen LogP contribution in [0.5, 0.6) is 0 Å². The molecule has 11 nitrogen and oxygen atoms in total. The maximum Gasteiger partial charge on any atom is 0.255 e. The first-order valence-corrected chi connectivity index (χ1v) is 15.2. The van der Waals surface area contributed by atoms with Gasteiger partial charge < -0.3 is 26.0 Å². The van der Waals surface area contributed by atoms with Crippen LogP contribution in [0.15, 0.2) is 109 Å². The average Bonchev–Trinajstić information content (AvgIpc) is 3.12. The van der Waals surface area contributed by atoms with Crippen LogP contribution in [-0.4, -0.2) is 63.9 Å². The van der Waals surface area contributed by atoms with Crippen LogP contribution in [0.2, 0.25) is 0 Å². The zero-order chi connectivity index (χ0) is 32.8. The smallest absolute Gasteiger partial charge is 0.255 e. The van der Waals surface area contributed by atoms with Crippen LogP contribution in [0, 0.1) is 6.92 Å². The van der Waals surface area contributed by atoms with Crippen LogP contribution in [-0.2, 0) is 11.2 Å². The van der Waals surface area contributed by atoms with E-state index < -0.39 is 18.1 Å². The first-order chi connectivity index (χ1) is 22.9. The van der Waals surface area contributed by atoms with Crippen molar-refractivity contribution in [3.8, 4) is 11.3 Å². The molecule has 2 aromatic heterocycles. The molecule has 0 saturated heterocycles. The van der Waals surface area contributed by atoms with E-state index in [0.717, 1.165) is 22.4 Å². The third-order valence-electron chi connectivity index (χ3n) is 8.00. The van der Waals surface area contributed by atoms with Crippen molar-refractivity contribution in [1.82, 2.24) is 20.3 Å². The predicted molar refractivity (Wildman–Crippen MR) is 183 cm³/mol. The summed E-state index contributed by atoms with van der Waals surface area (Å²) in [6.45, 7) is 2.15. The highest BCUT2D eigenvalue weighted by Gasteiger charge is 2.34. The van der Waals surface area contributed by atoms with Gasteiger partial charge in [-0.25, -0.2) is 9.97 Å². The predicted octanol–water partition coefficient (Wildman–Crippen LogP) is 4.76. The van der Waals surface area contributed by atoms with E-state index in [-0.39, 0.29) is 12.6 Å². The highest BCUT2D eigenvalue weighted by molar-refractivity contribution is 6.06. The van der Waals surface area contributed by atoms with Crippen LogP contribution >= 0.6 is 0 Å². The molecule has 0 radical (unpaired) electrons. The fourth-order valence-corrected chi connectivity index (χ4v) is 5.54. The Kier molecular flexibility index (Phi) is 9.26. The Hall–Kier alpha value is -5.94. The molecule has 2 unspecified atom stereocenters. The number of fused-ring (bicyclic) bond motifs is 1. The zero-order valence-corrected chi connectivity index (χ0v) is 26.0. The van der Waals surface area contributed by atoms with Crippen molar-refractivity contribution in [2.45, 2.75) is 25.5 Å². The van der Waals surface area contributed by atoms with Crippen molar-refractivity contribution in [2.75, 3.05) is 29.2 Å². The van der Waals surface area contributed by atoms with Crippen molar-refractivity contribution in [1.29, 1.82) is 0 Å². The molecule has 0 bridgehead atoms. The number of aromatic nitrogens is 3. The third kappa shape index (κ3) is 7.00. The Balaban J connectivity index is 1.25. The molecule has 3 aromatic carbocycles. The molecule has 3 heterocycles. The van der Waals surface area contributed by atoms with Gasteiger partial charge in [-0.15, -0.1) is 0 Å². The molecule has 6 rings (SSSR count). The van der Waals surface area contributed by atoms with Gasteiger partial charge in [-0.05, 0) is 66.9 Å². The number of hydrogen-bond donors (Lipinski definition) is 4. The summed E-state index contributed by atoms with van der Waals surface area (Å²) in [6.07, 6.45) is 5.69. The second-order valence-corrected chi connectivity index (χ2v) is 11.1. The molecule has 1 aliphatic rings. The minimum Gasteiger partial charge on any atom is -0.381 e. The highest BCUT2D eigenvalue weighted by atomic mass is 16.3. The van der Waals surface area contributed by atoms with E-state index in [2.05, 4.69) is 35.9 Å². The summed E-state index contributed by atoms with van der Waals surface area (Å²) in [5.74, 6) is -0.429. The second-order valence-electron chi connectivity index (χ2n) is 11.1. The summed E-state index contributed by atoms with van der Waals surface area (Å²) in [7, 11) is 1.57. The van der Waals surface area contributed by atoms with Gasteiger partial charge in [0.05, 0.1) is 17.3 Å². The Bertz CT molecular complexity index is 1920. The van der Waals surface area contributed by atoms with Gasteiger partial charge in [0.25, 0.3) is 11.8 Å². The number of aryl methyl sites for hydroxylation is 1. The lowest BCUT2D eigenvalue weighted by Crippen LogP contribution is -2.51. The van der Waals surface area contributed by atoms with E-state index in [1.807, 2.05) is 72.5 Å². The Morgan fingerprint density at radius 3 is 2.62 bits per heavy atom. The molecule has 5 aromatic rings. The number of aliphatic imine (C=N–C) groups is 1. The van der Waals surface area contributed by atoms with Gasteiger partial charge in [0.2, 0.25) is 5.95 Å². The number of carbonyl (C=O) groups is 2. The first kappa shape index (κ1) is 31.1. The number of amides is 2. The molecule has 2 atom stereocenters. The second kappa shape index (κ2) is 14.0. The molecule has 0 saturated carbocycles. The number of nitrogens with zero attached hydrogens (tertiary/aromatic N) is 5. The molecule has 0 aliphatic carbocycles. The summed E-state index contributed by atoms with van der Waals surface area (Å²) >= 11 is 0. The molecule has 2 amide bonds. The monoisotopic (exact) mass is 626 g/mol. The lowest BCUT2D eigenvalue weighted by atomic mass is 9.96. The molecular weight excluding hydrogens is 592 g/mol. The summed E-state index contributed by atoms with van der Waals surface area (Å²) in [5.41, 5.74) is 6.43. The van der Waals surface area contributed by atoms with Gasteiger partial charge in [-0.2, -0.15) is 0 Å². The standard InChI is InChI=1S/C36H34N8O3/c1-23-13-14-26(19-30(23)43-36-40-17-15-29(42-36)25-10-7-16-38-20-25)41-35(47)33(45)32(18-24-8-4-3-5-9-24)44-22-39-21-28-27(34(46)37-2)11-6-12-31(28)44/h3-17,19-21,32-33,45H,18,22H2,1-2H3,(H,37,46)(H,41,47)(H,40,42,43). The number of rotatable bonds is 10. The van der Waals surface area contributed by atoms with Crippen LogP contribution in [0.4, 0.5) is 23.0 Å². The fraction of sp³-hybridized carbons (Fsp3) is 0.167. The normalized spacial score (nSPS) is 13.3. The first-order valence-electron chi connectivity index (χ1n) is 15.2. The maximum absolute atomic E-state index is 13.7. The lowest BCUT2D eigenvalue weighted by Gasteiger charge is -2.38. The molecule has 4 N–H and O–H groups in total. The third-order valence-corrected chi connectivity index (χ3v) is 8.00. The van der Waals surface area contributed by atoms with Gasteiger partial charge in [0, 0.05) is 60.0 Å². The molecule has 0 fully saturated rings. The largest absolute Gasteiger partial charge is 0.381 e. The number of aliphatic hydroxyl groups excluding tert-OH is 1. The molecule has 1 aliphatic heterocycles. The highest BCUT2D eigenvalue weighted by Crippen LogP contribution is 2.30. The van der Waals surface area contributed by atoms with Gasteiger partial charge in [0.1, 0.15) is 6.67 Å². The number of nitrogens with one attached hydrogen (secondary N) is 3. The number of pyridine rings is 1. The molecule has 47 heavy (non-hydrogen) atoms. The van der Waals surface area contributed by atoms with E-state index >= 15 is 0 Å². The Morgan fingerprint density at radius 2 is 1.83 bits per heavy atom. The van der Waals surface area contributed by atoms with Gasteiger partial charge in [-0.1, -0.05) is 42.5 Å². The minimum absolute atomic E-state index is 0.211. The zero-order valence-electron chi connectivity index (χ0n) is 26.0. The number of carbonyl (C=O) groups excluding carboxylic acids is 2. The fourth-order valence-electron chi connectivity index (χ4n) is 5.54. The number of aliphatic hydroxyl groups is 1.